The minimum Gasteiger partial charge on any atom is -0.134 e. The van der Waals surface area contributed by atoms with Crippen LogP contribution in [0, 0.1) is 0 Å². The lowest BCUT2D eigenvalue weighted by Crippen LogP contribution is -1.93. The molecule has 0 aliphatic carbocycles. The van der Waals surface area contributed by atoms with Crippen molar-refractivity contribution in [1.29, 1.82) is 0 Å². The zero-order valence-corrected chi connectivity index (χ0v) is 32.9. The van der Waals surface area contributed by atoms with Gasteiger partial charge in [0.2, 0.25) is 0 Å². The summed E-state index contributed by atoms with van der Waals surface area (Å²) >= 11 is 1.93. The molecule has 0 aliphatic rings. The first kappa shape index (κ1) is 32.7. The van der Waals surface area contributed by atoms with Crippen LogP contribution in [0.5, 0.6) is 0 Å². The molecule has 0 bridgehead atoms. The Kier molecular flexibility index (Phi) is 6.98. The zero-order chi connectivity index (χ0) is 38.6. The normalized spacial score (nSPS) is 12.1. The molecule has 1 aromatic heterocycles. The molecule has 0 fully saturated rings. The van der Waals surface area contributed by atoms with Crippen LogP contribution in [0.15, 0.2) is 206 Å². The molecule has 59 heavy (non-hydrogen) atoms. The van der Waals surface area contributed by atoms with E-state index < -0.39 is 0 Å². The first-order valence-electron chi connectivity index (χ1n) is 20.4. The van der Waals surface area contributed by atoms with Crippen LogP contribution in [-0.4, -0.2) is 0 Å². The number of hydrogen-bond donors (Lipinski definition) is 0. The van der Waals surface area contributed by atoms with E-state index >= 15 is 0 Å². The Labute approximate surface area is 344 Å². The Balaban J connectivity index is 1.06. The number of hydrogen-bond acceptors (Lipinski definition) is 1. The Morgan fingerprint density at radius 1 is 0.254 bits per heavy atom. The first-order chi connectivity index (χ1) is 29.3. The summed E-state index contributed by atoms with van der Waals surface area (Å²) in [6, 6.07) is 76.9. The summed E-state index contributed by atoms with van der Waals surface area (Å²) in [5, 5.41) is 20.7. The lowest BCUT2D eigenvalue weighted by Gasteiger charge is -2.20. The molecule has 0 saturated carbocycles. The third kappa shape index (κ3) is 4.71. The standard InChI is InChI=1S/C58H34S/c1-3-17-38-35(14-1)16-13-27-44(38)54-46-23-9-11-25-48(46)55(49-26-12-10-24-47(49)54)50-32-31-39(41-19-5-6-20-42(41)50)37-28-30-51-52(34-37)43-21-7-8-22-45(43)57-56-40-18-4-2-15-36(40)29-33-53(56)59-58(51)57/h1-34H. The van der Waals surface area contributed by atoms with Crippen molar-refractivity contribution in [3.8, 4) is 33.4 Å². The highest BCUT2D eigenvalue weighted by Gasteiger charge is 2.21. The van der Waals surface area contributed by atoms with Gasteiger partial charge in [0.05, 0.1) is 0 Å². The number of fused-ring (bicyclic) bond motifs is 14. The number of rotatable bonds is 3. The second-order valence-corrected chi connectivity index (χ2v) is 16.9. The van der Waals surface area contributed by atoms with Gasteiger partial charge in [0.1, 0.15) is 0 Å². The van der Waals surface area contributed by atoms with Gasteiger partial charge in [0.25, 0.3) is 0 Å². The summed E-state index contributed by atoms with van der Waals surface area (Å²) in [4.78, 5) is 0. The third-order valence-electron chi connectivity index (χ3n) is 12.8. The summed E-state index contributed by atoms with van der Waals surface area (Å²) in [6.07, 6.45) is 0. The predicted molar refractivity (Wildman–Crippen MR) is 258 cm³/mol. The molecule has 0 unspecified atom stereocenters. The first-order valence-corrected chi connectivity index (χ1v) is 21.2. The average molecular weight is 763 g/mol. The van der Waals surface area contributed by atoms with E-state index in [0.29, 0.717) is 0 Å². The van der Waals surface area contributed by atoms with Gasteiger partial charge in [-0.05, 0) is 116 Å². The van der Waals surface area contributed by atoms with Gasteiger partial charge in [-0.3, -0.25) is 0 Å². The van der Waals surface area contributed by atoms with Crippen molar-refractivity contribution in [3.63, 3.8) is 0 Å². The quantitative estimate of drug-likeness (QED) is 0.124. The maximum absolute atomic E-state index is 2.45. The number of thiophene rings is 1. The monoisotopic (exact) mass is 762 g/mol. The maximum Gasteiger partial charge on any atom is 0.0440 e. The summed E-state index contributed by atoms with van der Waals surface area (Å²) in [7, 11) is 0. The summed E-state index contributed by atoms with van der Waals surface area (Å²) in [5.41, 5.74) is 7.59. The summed E-state index contributed by atoms with van der Waals surface area (Å²) < 4.78 is 2.70. The average Bonchev–Trinajstić information content (AvgIpc) is 3.71. The van der Waals surface area contributed by atoms with E-state index in [1.54, 1.807) is 0 Å². The van der Waals surface area contributed by atoms with E-state index in [9.17, 15) is 0 Å². The lowest BCUT2D eigenvalue weighted by molar-refractivity contribution is 1.67. The molecule has 1 heterocycles. The highest BCUT2D eigenvalue weighted by molar-refractivity contribution is 7.27. The molecule has 0 spiro atoms. The molecule has 13 rings (SSSR count). The van der Waals surface area contributed by atoms with Gasteiger partial charge < -0.3 is 0 Å². The van der Waals surface area contributed by atoms with Crippen LogP contribution in [0.4, 0.5) is 0 Å². The van der Waals surface area contributed by atoms with Crippen molar-refractivity contribution < 1.29 is 0 Å². The van der Waals surface area contributed by atoms with Crippen molar-refractivity contribution >= 4 is 107 Å². The van der Waals surface area contributed by atoms with Crippen LogP contribution in [0.1, 0.15) is 0 Å². The smallest absolute Gasteiger partial charge is 0.0440 e. The minimum atomic E-state index is 1.23. The van der Waals surface area contributed by atoms with Crippen LogP contribution in [0.3, 0.4) is 0 Å². The van der Waals surface area contributed by atoms with Crippen molar-refractivity contribution in [2.24, 2.45) is 0 Å². The van der Waals surface area contributed by atoms with E-state index in [2.05, 4.69) is 206 Å². The lowest BCUT2D eigenvalue weighted by atomic mass is 9.83. The Morgan fingerprint density at radius 3 is 1.42 bits per heavy atom. The fourth-order valence-corrected chi connectivity index (χ4v) is 11.6. The topological polar surface area (TPSA) is 0 Å². The molecule has 1 heteroatoms. The second kappa shape index (κ2) is 12.6. The zero-order valence-electron chi connectivity index (χ0n) is 32.0. The van der Waals surface area contributed by atoms with Crippen molar-refractivity contribution in [1.82, 2.24) is 0 Å². The van der Waals surface area contributed by atoms with E-state index in [1.165, 1.54) is 129 Å². The Morgan fingerprint density at radius 2 is 0.746 bits per heavy atom. The fraction of sp³-hybridized carbons (Fsp3) is 0. The van der Waals surface area contributed by atoms with Gasteiger partial charge in [-0.2, -0.15) is 0 Å². The summed E-state index contributed by atoms with van der Waals surface area (Å²) in [5.74, 6) is 0. The van der Waals surface area contributed by atoms with Gasteiger partial charge in [-0.1, -0.05) is 194 Å². The van der Waals surface area contributed by atoms with Crippen molar-refractivity contribution in [3.05, 3.63) is 206 Å². The highest BCUT2D eigenvalue weighted by Crippen LogP contribution is 2.50. The summed E-state index contributed by atoms with van der Waals surface area (Å²) in [6.45, 7) is 0. The molecular weight excluding hydrogens is 729 g/mol. The minimum absolute atomic E-state index is 1.23. The Hall–Kier alpha value is -7.32. The van der Waals surface area contributed by atoms with Gasteiger partial charge in [0.15, 0.2) is 0 Å². The molecule has 12 aromatic carbocycles. The SMILES string of the molecule is c1ccc2c(-c3c4ccccc4c(-c4ccc(-c5ccc6c(c5)c5ccccc5c5c6sc6ccc7ccccc7c65)c5ccccc45)c4ccccc34)cccc2c1. The van der Waals surface area contributed by atoms with Crippen LogP contribution < -0.4 is 0 Å². The highest BCUT2D eigenvalue weighted by atomic mass is 32.1. The van der Waals surface area contributed by atoms with E-state index in [-0.39, 0.29) is 0 Å². The van der Waals surface area contributed by atoms with Crippen LogP contribution >= 0.6 is 11.3 Å². The molecular formula is C58H34S. The van der Waals surface area contributed by atoms with Crippen molar-refractivity contribution in [2.75, 3.05) is 0 Å². The molecule has 0 atom stereocenters. The second-order valence-electron chi connectivity index (χ2n) is 15.8. The molecule has 0 N–H and O–H groups in total. The van der Waals surface area contributed by atoms with Crippen molar-refractivity contribution in [2.45, 2.75) is 0 Å². The third-order valence-corrected chi connectivity index (χ3v) is 14.0. The van der Waals surface area contributed by atoms with E-state index in [4.69, 9.17) is 0 Å². The largest absolute Gasteiger partial charge is 0.134 e. The Bertz CT molecular complexity index is 3840. The molecule has 0 aliphatic heterocycles. The van der Waals surface area contributed by atoms with Gasteiger partial charge in [0, 0.05) is 25.6 Å². The molecule has 0 saturated heterocycles. The van der Waals surface area contributed by atoms with Crippen LogP contribution in [0.25, 0.3) is 129 Å². The number of benzene rings is 12. The van der Waals surface area contributed by atoms with E-state index in [0.717, 1.165) is 0 Å². The molecule has 272 valence electrons. The molecule has 0 radical (unpaired) electrons. The van der Waals surface area contributed by atoms with Gasteiger partial charge in [-0.15, -0.1) is 11.3 Å². The predicted octanol–water partition coefficient (Wildman–Crippen LogP) is 17.1. The van der Waals surface area contributed by atoms with Crippen LogP contribution in [-0.2, 0) is 0 Å². The molecule has 0 nitrogen and oxygen atoms in total. The maximum atomic E-state index is 2.45. The van der Waals surface area contributed by atoms with Crippen LogP contribution in [0.2, 0.25) is 0 Å². The molecule has 13 aromatic rings. The van der Waals surface area contributed by atoms with Gasteiger partial charge >= 0.3 is 0 Å². The fourth-order valence-electron chi connectivity index (χ4n) is 10.3. The molecule has 0 amide bonds. The van der Waals surface area contributed by atoms with E-state index in [1.807, 2.05) is 11.3 Å². The van der Waals surface area contributed by atoms with Gasteiger partial charge in [-0.25, -0.2) is 0 Å².